The second kappa shape index (κ2) is 4.49. The predicted molar refractivity (Wildman–Crippen MR) is 57.5 cm³/mol. The molecule has 0 bridgehead atoms. The van der Waals surface area contributed by atoms with Crippen molar-refractivity contribution in [1.82, 2.24) is 10.6 Å². The van der Waals surface area contributed by atoms with Gasteiger partial charge in [0.2, 0.25) is 5.91 Å². The van der Waals surface area contributed by atoms with Gasteiger partial charge >= 0.3 is 0 Å². The van der Waals surface area contributed by atoms with E-state index in [0.717, 1.165) is 32.2 Å². The Kier molecular flexibility index (Phi) is 3.26. The van der Waals surface area contributed by atoms with Gasteiger partial charge in [-0.1, -0.05) is 0 Å². The minimum atomic E-state index is -0.598. The normalized spacial score (nSPS) is 28.5. The Hall–Kier alpha value is -0.610. The molecule has 1 aliphatic heterocycles. The third-order valence-electron chi connectivity index (χ3n) is 3.49. The molecule has 15 heavy (non-hydrogen) atoms. The van der Waals surface area contributed by atoms with Crippen LogP contribution in [0, 0.1) is 0 Å². The van der Waals surface area contributed by atoms with Crippen LogP contribution in [0.25, 0.3) is 0 Å². The van der Waals surface area contributed by atoms with Crippen molar-refractivity contribution in [3.8, 4) is 0 Å². The van der Waals surface area contributed by atoms with Crippen LogP contribution in [0.1, 0.15) is 38.5 Å². The Morgan fingerprint density at radius 1 is 1.47 bits per heavy atom. The van der Waals surface area contributed by atoms with E-state index in [2.05, 4.69) is 10.6 Å². The molecule has 3 N–H and O–H groups in total. The number of carbonyl (C=O) groups is 1. The summed E-state index contributed by atoms with van der Waals surface area (Å²) in [6, 6.07) is 0.348. The fraction of sp³-hybridized carbons (Fsp3) is 0.909. The largest absolute Gasteiger partial charge is 0.388 e. The van der Waals surface area contributed by atoms with Gasteiger partial charge in [0, 0.05) is 19.0 Å². The summed E-state index contributed by atoms with van der Waals surface area (Å²) in [5.41, 5.74) is -0.598. The molecule has 0 aromatic carbocycles. The van der Waals surface area contributed by atoms with Gasteiger partial charge in [0.15, 0.2) is 0 Å². The van der Waals surface area contributed by atoms with Crippen LogP contribution in [0.3, 0.4) is 0 Å². The average Bonchev–Trinajstić information content (AvgIpc) is 2.64. The van der Waals surface area contributed by atoms with Gasteiger partial charge in [0.05, 0.1) is 5.60 Å². The quantitative estimate of drug-likeness (QED) is 0.622. The van der Waals surface area contributed by atoms with Crippen molar-refractivity contribution in [2.45, 2.75) is 50.2 Å². The summed E-state index contributed by atoms with van der Waals surface area (Å²) in [5.74, 6) is 0.0646. The average molecular weight is 212 g/mol. The lowest BCUT2D eigenvalue weighted by Crippen LogP contribution is -2.48. The Morgan fingerprint density at radius 3 is 2.80 bits per heavy atom. The molecule has 1 atom stereocenters. The van der Waals surface area contributed by atoms with Crippen LogP contribution in [0.15, 0.2) is 0 Å². The highest BCUT2D eigenvalue weighted by Crippen LogP contribution is 2.30. The molecule has 4 heteroatoms. The molecule has 0 spiro atoms. The molecule has 1 amide bonds. The summed E-state index contributed by atoms with van der Waals surface area (Å²) in [4.78, 5) is 11.5. The summed E-state index contributed by atoms with van der Waals surface area (Å²) >= 11 is 0. The fourth-order valence-corrected chi connectivity index (χ4v) is 2.25. The molecule has 1 aliphatic carbocycles. The van der Waals surface area contributed by atoms with E-state index in [4.69, 9.17) is 0 Å². The third kappa shape index (κ3) is 2.92. The van der Waals surface area contributed by atoms with Crippen LogP contribution in [0.4, 0.5) is 0 Å². The predicted octanol–water partition coefficient (Wildman–Crippen LogP) is 0.160. The minimum absolute atomic E-state index is 0.0646. The first kappa shape index (κ1) is 10.9. The maximum Gasteiger partial charge on any atom is 0.221 e. The molecule has 4 nitrogen and oxygen atoms in total. The molecule has 0 aromatic heterocycles. The maximum atomic E-state index is 11.5. The van der Waals surface area contributed by atoms with E-state index < -0.39 is 5.60 Å². The van der Waals surface area contributed by atoms with Crippen molar-refractivity contribution in [2.24, 2.45) is 0 Å². The van der Waals surface area contributed by atoms with Gasteiger partial charge in [0.25, 0.3) is 0 Å². The molecule has 2 aliphatic rings. The summed E-state index contributed by atoms with van der Waals surface area (Å²) < 4.78 is 0. The number of nitrogens with one attached hydrogen (secondary N) is 2. The summed E-state index contributed by atoms with van der Waals surface area (Å²) in [7, 11) is 0. The van der Waals surface area contributed by atoms with Gasteiger partial charge in [-0.2, -0.15) is 0 Å². The molecule has 86 valence electrons. The molecule has 1 unspecified atom stereocenters. The van der Waals surface area contributed by atoms with Crippen molar-refractivity contribution in [1.29, 1.82) is 0 Å². The molecule has 1 saturated heterocycles. The Labute approximate surface area is 90.4 Å². The van der Waals surface area contributed by atoms with Gasteiger partial charge in [-0.25, -0.2) is 0 Å². The molecule has 1 heterocycles. The van der Waals surface area contributed by atoms with Crippen molar-refractivity contribution >= 4 is 5.91 Å². The third-order valence-corrected chi connectivity index (χ3v) is 3.49. The molecular formula is C11H20N2O2. The summed E-state index contributed by atoms with van der Waals surface area (Å²) in [6.07, 6.45) is 5.55. The van der Waals surface area contributed by atoms with Crippen molar-refractivity contribution < 1.29 is 9.90 Å². The van der Waals surface area contributed by atoms with Gasteiger partial charge in [-0.05, 0) is 38.6 Å². The number of aliphatic hydroxyl groups is 1. The first-order valence-electron chi connectivity index (χ1n) is 5.90. The standard InChI is InChI=1S/C11H20N2O2/c14-10(7-9-3-1-6-12-9)13-8-11(15)4-2-5-11/h9,12,15H,1-8H2,(H,13,14). The fourth-order valence-electron chi connectivity index (χ4n) is 2.25. The first-order valence-corrected chi connectivity index (χ1v) is 5.90. The molecule has 2 rings (SSSR count). The minimum Gasteiger partial charge on any atom is -0.388 e. The number of amides is 1. The van der Waals surface area contributed by atoms with Crippen molar-refractivity contribution in [2.75, 3.05) is 13.1 Å². The first-order chi connectivity index (χ1) is 7.18. The zero-order valence-electron chi connectivity index (χ0n) is 9.09. The number of carbonyl (C=O) groups excluding carboxylic acids is 1. The van der Waals surface area contributed by atoms with Gasteiger partial charge in [-0.15, -0.1) is 0 Å². The van der Waals surface area contributed by atoms with Gasteiger partial charge in [0.1, 0.15) is 0 Å². The number of rotatable bonds is 4. The maximum absolute atomic E-state index is 11.5. The number of hydrogen-bond donors (Lipinski definition) is 3. The second-order valence-corrected chi connectivity index (χ2v) is 4.85. The van der Waals surface area contributed by atoms with E-state index in [9.17, 15) is 9.90 Å². The lowest BCUT2D eigenvalue weighted by molar-refractivity contribution is -0.124. The van der Waals surface area contributed by atoms with Gasteiger partial charge < -0.3 is 15.7 Å². The van der Waals surface area contributed by atoms with Crippen LogP contribution in [0.2, 0.25) is 0 Å². The van der Waals surface area contributed by atoms with E-state index in [-0.39, 0.29) is 5.91 Å². The zero-order chi connectivity index (χ0) is 10.7. The highest BCUT2D eigenvalue weighted by Gasteiger charge is 2.34. The molecule has 0 aromatic rings. The SMILES string of the molecule is O=C(CC1CCCN1)NCC1(O)CCC1. The van der Waals surface area contributed by atoms with Crippen LogP contribution < -0.4 is 10.6 Å². The van der Waals surface area contributed by atoms with Crippen LogP contribution in [-0.4, -0.2) is 35.7 Å². The topological polar surface area (TPSA) is 61.4 Å². The number of hydrogen-bond acceptors (Lipinski definition) is 3. The summed E-state index contributed by atoms with van der Waals surface area (Å²) in [6.45, 7) is 1.46. The monoisotopic (exact) mass is 212 g/mol. The molecule has 0 radical (unpaired) electrons. The Morgan fingerprint density at radius 2 is 2.27 bits per heavy atom. The highest BCUT2D eigenvalue weighted by molar-refractivity contribution is 5.76. The Balaban J connectivity index is 1.63. The van der Waals surface area contributed by atoms with E-state index in [0.29, 0.717) is 19.0 Å². The molecule has 1 saturated carbocycles. The van der Waals surface area contributed by atoms with E-state index >= 15 is 0 Å². The van der Waals surface area contributed by atoms with Crippen LogP contribution >= 0.6 is 0 Å². The second-order valence-electron chi connectivity index (χ2n) is 4.85. The van der Waals surface area contributed by atoms with E-state index in [1.54, 1.807) is 0 Å². The smallest absolute Gasteiger partial charge is 0.221 e. The molecule has 2 fully saturated rings. The van der Waals surface area contributed by atoms with E-state index in [1.807, 2.05) is 0 Å². The lowest BCUT2D eigenvalue weighted by Gasteiger charge is -2.36. The summed E-state index contributed by atoms with van der Waals surface area (Å²) in [5, 5.41) is 15.9. The van der Waals surface area contributed by atoms with Crippen LogP contribution in [-0.2, 0) is 4.79 Å². The van der Waals surface area contributed by atoms with Crippen molar-refractivity contribution in [3.63, 3.8) is 0 Å². The Bertz CT molecular complexity index is 233. The zero-order valence-corrected chi connectivity index (χ0v) is 9.09. The highest BCUT2D eigenvalue weighted by atomic mass is 16.3. The van der Waals surface area contributed by atoms with Crippen LogP contribution in [0.5, 0.6) is 0 Å². The van der Waals surface area contributed by atoms with Crippen molar-refractivity contribution in [3.05, 3.63) is 0 Å². The van der Waals surface area contributed by atoms with E-state index in [1.165, 1.54) is 6.42 Å². The lowest BCUT2D eigenvalue weighted by atomic mass is 9.80. The van der Waals surface area contributed by atoms with Gasteiger partial charge in [-0.3, -0.25) is 4.79 Å². The molecular weight excluding hydrogens is 192 g/mol.